The number of amides is 2. The number of nitrogens with zero attached hydrogens (tertiary/aromatic N) is 2. The van der Waals surface area contributed by atoms with Crippen molar-refractivity contribution < 1.29 is 34.5 Å². The first-order valence-corrected chi connectivity index (χ1v) is 6.47. The number of carboxylic acid groups (broad SMARTS) is 2. The molecule has 3 unspecified atom stereocenters. The van der Waals surface area contributed by atoms with E-state index in [0.29, 0.717) is 0 Å². The summed E-state index contributed by atoms with van der Waals surface area (Å²) in [4.78, 5) is 47.3. The van der Waals surface area contributed by atoms with Crippen LogP contribution in [0, 0.1) is 11.8 Å². The number of carbonyl (C=O) groups excluding carboxylic acids is 2. The van der Waals surface area contributed by atoms with Gasteiger partial charge in [0.1, 0.15) is 13.1 Å². The molecule has 21 heavy (non-hydrogen) atoms. The Labute approximate surface area is 119 Å². The van der Waals surface area contributed by atoms with Crippen molar-refractivity contribution in [1.29, 1.82) is 0 Å². The fourth-order valence-corrected chi connectivity index (χ4v) is 2.99. The number of carboxylic acids is 2. The van der Waals surface area contributed by atoms with Crippen LogP contribution < -0.4 is 0 Å². The number of aliphatic hydroxyl groups is 1. The SMILES string of the molecule is O=C(O)CN1CC(C2C(=O)N(CC(=O)O)CC2O)CC1=O. The summed E-state index contributed by atoms with van der Waals surface area (Å²) in [7, 11) is 0. The normalized spacial score (nSPS) is 29.3. The Morgan fingerprint density at radius 1 is 1.05 bits per heavy atom. The second-order valence-corrected chi connectivity index (χ2v) is 5.34. The van der Waals surface area contributed by atoms with E-state index in [1.54, 1.807) is 0 Å². The van der Waals surface area contributed by atoms with Gasteiger partial charge in [-0.2, -0.15) is 0 Å². The smallest absolute Gasteiger partial charge is 0.323 e. The average Bonchev–Trinajstić information content (AvgIpc) is 2.80. The number of hydrogen-bond donors (Lipinski definition) is 3. The van der Waals surface area contributed by atoms with Crippen LogP contribution in [0.25, 0.3) is 0 Å². The van der Waals surface area contributed by atoms with E-state index < -0.39 is 48.9 Å². The molecule has 2 heterocycles. The Balaban J connectivity index is 2.05. The summed E-state index contributed by atoms with van der Waals surface area (Å²) >= 11 is 0. The molecule has 9 heteroatoms. The molecule has 0 aromatic heterocycles. The maximum atomic E-state index is 12.1. The van der Waals surface area contributed by atoms with Crippen molar-refractivity contribution in [3.8, 4) is 0 Å². The zero-order valence-electron chi connectivity index (χ0n) is 11.1. The number of hydrogen-bond acceptors (Lipinski definition) is 5. The molecular weight excluding hydrogens is 284 g/mol. The standard InChI is InChI=1S/C12H16N2O7/c15-7-3-14(5-10(19)20)12(21)11(7)6-1-8(16)13(2-6)4-9(17)18/h6-7,11,15H,1-5H2,(H,17,18)(H,19,20). The van der Waals surface area contributed by atoms with Crippen molar-refractivity contribution in [1.82, 2.24) is 9.80 Å². The summed E-state index contributed by atoms with van der Waals surface area (Å²) in [6, 6.07) is 0. The number of aliphatic carboxylic acids is 2. The van der Waals surface area contributed by atoms with E-state index >= 15 is 0 Å². The highest BCUT2D eigenvalue weighted by Crippen LogP contribution is 2.33. The molecule has 2 fully saturated rings. The third-order valence-electron chi connectivity index (χ3n) is 3.82. The molecule has 9 nitrogen and oxygen atoms in total. The number of aliphatic hydroxyl groups excluding tert-OH is 1. The quantitative estimate of drug-likeness (QED) is 0.525. The molecule has 3 atom stereocenters. The van der Waals surface area contributed by atoms with Crippen LogP contribution in [-0.4, -0.2) is 81.2 Å². The lowest BCUT2D eigenvalue weighted by molar-refractivity contribution is -0.144. The molecular formula is C12H16N2O7. The van der Waals surface area contributed by atoms with Gasteiger partial charge in [-0.15, -0.1) is 0 Å². The number of likely N-dealkylation sites (tertiary alicyclic amines) is 2. The minimum absolute atomic E-state index is 0.0122. The Morgan fingerprint density at radius 2 is 1.62 bits per heavy atom. The predicted octanol–water partition coefficient (Wildman–Crippen LogP) is -2.18. The lowest BCUT2D eigenvalue weighted by atomic mass is 9.88. The lowest BCUT2D eigenvalue weighted by Crippen LogP contribution is -2.36. The fourth-order valence-electron chi connectivity index (χ4n) is 2.99. The molecule has 2 rings (SSSR count). The Hall–Kier alpha value is -2.16. The van der Waals surface area contributed by atoms with Crippen LogP contribution in [0.3, 0.4) is 0 Å². The average molecular weight is 300 g/mol. The highest BCUT2D eigenvalue weighted by Gasteiger charge is 2.48. The molecule has 2 aliphatic heterocycles. The molecule has 0 bridgehead atoms. The Kier molecular flexibility index (Phi) is 4.12. The first kappa shape index (κ1) is 15.2. The van der Waals surface area contributed by atoms with Gasteiger partial charge in [0.25, 0.3) is 0 Å². The van der Waals surface area contributed by atoms with E-state index in [1.807, 2.05) is 0 Å². The summed E-state index contributed by atoms with van der Waals surface area (Å²) in [6.07, 6.45) is -1.05. The maximum absolute atomic E-state index is 12.1. The number of β-amino-alcohol motifs (C(OH)–C–C–N with tert-alkyl or cyclic N) is 1. The summed E-state index contributed by atoms with van der Waals surface area (Å²) in [5.41, 5.74) is 0. The minimum Gasteiger partial charge on any atom is -0.480 e. The predicted molar refractivity (Wildman–Crippen MR) is 66.0 cm³/mol. The van der Waals surface area contributed by atoms with E-state index in [0.717, 1.165) is 9.80 Å². The van der Waals surface area contributed by atoms with Crippen LogP contribution >= 0.6 is 0 Å². The van der Waals surface area contributed by atoms with Crippen LogP contribution in [0.5, 0.6) is 0 Å². The van der Waals surface area contributed by atoms with E-state index in [1.165, 1.54) is 0 Å². The lowest BCUT2D eigenvalue weighted by Gasteiger charge is -2.19. The first-order valence-electron chi connectivity index (χ1n) is 6.47. The molecule has 2 aliphatic rings. The molecule has 0 spiro atoms. The van der Waals surface area contributed by atoms with Crippen molar-refractivity contribution in [2.24, 2.45) is 11.8 Å². The monoisotopic (exact) mass is 300 g/mol. The van der Waals surface area contributed by atoms with Crippen molar-refractivity contribution in [2.45, 2.75) is 12.5 Å². The second kappa shape index (κ2) is 5.68. The van der Waals surface area contributed by atoms with Gasteiger partial charge in [0, 0.05) is 19.5 Å². The second-order valence-electron chi connectivity index (χ2n) is 5.34. The Morgan fingerprint density at radius 3 is 2.19 bits per heavy atom. The van der Waals surface area contributed by atoms with Crippen molar-refractivity contribution >= 4 is 23.8 Å². The van der Waals surface area contributed by atoms with Gasteiger partial charge in [0.05, 0.1) is 12.0 Å². The number of carbonyl (C=O) groups is 4. The third kappa shape index (κ3) is 3.13. The molecule has 2 saturated heterocycles. The molecule has 0 aliphatic carbocycles. The first-order chi connectivity index (χ1) is 9.79. The third-order valence-corrected chi connectivity index (χ3v) is 3.82. The summed E-state index contributed by atoms with van der Waals surface area (Å²) in [5.74, 6) is -4.54. The van der Waals surface area contributed by atoms with Gasteiger partial charge < -0.3 is 25.1 Å². The summed E-state index contributed by atoms with van der Waals surface area (Å²) < 4.78 is 0. The molecule has 0 saturated carbocycles. The van der Waals surface area contributed by atoms with Crippen LogP contribution in [-0.2, 0) is 19.2 Å². The zero-order chi connectivity index (χ0) is 15.7. The molecule has 0 aromatic carbocycles. The van der Waals surface area contributed by atoms with E-state index in [2.05, 4.69) is 0 Å². The minimum atomic E-state index is -1.17. The molecule has 116 valence electrons. The summed E-state index contributed by atoms with van der Waals surface area (Å²) in [5, 5.41) is 27.4. The van der Waals surface area contributed by atoms with Gasteiger partial charge >= 0.3 is 11.9 Å². The zero-order valence-corrected chi connectivity index (χ0v) is 11.1. The largest absolute Gasteiger partial charge is 0.480 e. The maximum Gasteiger partial charge on any atom is 0.323 e. The summed E-state index contributed by atoms with van der Waals surface area (Å²) in [6.45, 7) is -0.935. The highest BCUT2D eigenvalue weighted by molar-refractivity contribution is 5.88. The van der Waals surface area contributed by atoms with E-state index in [-0.39, 0.29) is 25.4 Å². The van der Waals surface area contributed by atoms with E-state index in [4.69, 9.17) is 10.2 Å². The van der Waals surface area contributed by atoms with Gasteiger partial charge in [-0.25, -0.2) is 0 Å². The molecule has 0 aromatic rings. The van der Waals surface area contributed by atoms with Crippen LogP contribution in [0.1, 0.15) is 6.42 Å². The van der Waals surface area contributed by atoms with Gasteiger partial charge in [-0.3, -0.25) is 19.2 Å². The fraction of sp³-hybridized carbons (Fsp3) is 0.667. The van der Waals surface area contributed by atoms with Crippen molar-refractivity contribution in [3.05, 3.63) is 0 Å². The van der Waals surface area contributed by atoms with Crippen molar-refractivity contribution in [2.75, 3.05) is 26.2 Å². The topological polar surface area (TPSA) is 135 Å². The Bertz CT molecular complexity index is 492. The number of rotatable bonds is 5. The van der Waals surface area contributed by atoms with Crippen LogP contribution in [0.2, 0.25) is 0 Å². The molecule has 3 N–H and O–H groups in total. The molecule has 2 amide bonds. The van der Waals surface area contributed by atoms with Crippen LogP contribution in [0.4, 0.5) is 0 Å². The van der Waals surface area contributed by atoms with Gasteiger partial charge in [0.2, 0.25) is 11.8 Å². The van der Waals surface area contributed by atoms with Crippen molar-refractivity contribution in [3.63, 3.8) is 0 Å². The van der Waals surface area contributed by atoms with Gasteiger partial charge in [0.15, 0.2) is 0 Å². The molecule has 0 radical (unpaired) electrons. The van der Waals surface area contributed by atoms with E-state index in [9.17, 15) is 24.3 Å². The van der Waals surface area contributed by atoms with Crippen LogP contribution in [0.15, 0.2) is 0 Å². The van der Waals surface area contributed by atoms with Gasteiger partial charge in [-0.1, -0.05) is 0 Å². The highest BCUT2D eigenvalue weighted by atomic mass is 16.4. The van der Waals surface area contributed by atoms with Gasteiger partial charge in [-0.05, 0) is 5.92 Å².